The maximum absolute atomic E-state index is 13.0. The van der Waals surface area contributed by atoms with Crippen molar-refractivity contribution in [2.45, 2.75) is 88.4 Å². The van der Waals surface area contributed by atoms with Gasteiger partial charge in [0.15, 0.2) is 6.29 Å². The Morgan fingerprint density at radius 2 is 1.75 bits per heavy atom. The number of rotatable bonds is 8. The van der Waals surface area contributed by atoms with Crippen LogP contribution in [0.1, 0.15) is 51.5 Å². The van der Waals surface area contributed by atoms with Crippen LogP contribution >= 0.6 is 0 Å². The standard InChI is InChI=1S/C22H31NO8S/c1-14-8-10-18(11-9-14)32(26,27)23-19-12-21(30-17-6-4-5-7-17)31-20(13-28-15(2)24)22(19)29-16(3)25/h8-11,17,19-23H,4-7,12-13H2,1-3H3/t19-,20+,21-,22+/m0/s1. The molecule has 1 aromatic rings. The van der Waals surface area contributed by atoms with Crippen LogP contribution in [-0.4, -0.2) is 57.6 Å². The minimum Gasteiger partial charge on any atom is -0.463 e. The first-order chi connectivity index (χ1) is 15.1. The molecule has 0 unspecified atom stereocenters. The monoisotopic (exact) mass is 469 g/mol. The van der Waals surface area contributed by atoms with Crippen LogP contribution in [0.5, 0.6) is 0 Å². The highest BCUT2D eigenvalue weighted by molar-refractivity contribution is 7.89. The van der Waals surface area contributed by atoms with E-state index in [2.05, 4.69) is 4.72 Å². The lowest BCUT2D eigenvalue weighted by molar-refractivity contribution is -0.255. The molecule has 1 aliphatic carbocycles. The molecule has 2 fully saturated rings. The maximum atomic E-state index is 13.0. The van der Waals surface area contributed by atoms with Crippen molar-refractivity contribution in [1.82, 2.24) is 4.72 Å². The Bertz CT molecular complexity index is 895. The molecule has 0 radical (unpaired) electrons. The summed E-state index contributed by atoms with van der Waals surface area (Å²) in [6.45, 7) is 4.16. The Labute approximate surface area is 188 Å². The van der Waals surface area contributed by atoms with Crippen molar-refractivity contribution in [1.29, 1.82) is 0 Å². The van der Waals surface area contributed by atoms with Gasteiger partial charge in [0.1, 0.15) is 18.8 Å². The molecular formula is C22H31NO8S. The van der Waals surface area contributed by atoms with Crippen LogP contribution in [0, 0.1) is 6.92 Å². The Morgan fingerprint density at radius 3 is 2.34 bits per heavy atom. The number of benzene rings is 1. The van der Waals surface area contributed by atoms with Gasteiger partial charge in [-0.15, -0.1) is 0 Å². The summed E-state index contributed by atoms with van der Waals surface area (Å²) < 4.78 is 51.3. The summed E-state index contributed by atoms with van der Waals surface area (Å²) in [6.07, 6.45) is 1.51. The van der Waals surface area contributed by atoms with E-state index in [4.69, 9.17) is 18.9 Å². The molecule has 0 bridgehead atoms. The second kappa shape index (κ2) is 10.7. The molecule has 1 heterocycles. The molecule has 0 aromatic heterocycles. The number of esters is 2. The van der Waals surface area contributed by atoms with Crippen molar-refractivity contribution in [2.75, 3.05) is 6.61 Å². The van der Waals surface area contributed by atoms with Crippen LogP contribution in [0.3, 0.4) is 0 Å². The lowest BCUT2D eigenvalue weighted by atomic mass is 9.99. The van der Waals surface area contributed by atoms with Crippen molar-refractivity contribution >= 4 is 22.0 Å². The van der Waals surface area contributed by atoms with Crippen LogP contribution in [0.15, 0.2) is 29.2 Å². The molecular weight excluding hydrogens is 438 g/mol. The third-order valence-electron chi connectivity index (χ3n) is 5.57. The van der Waals surface area contributed by atoms with Crippen molar-refractivity contribution in [3.63, 3.8) is 0 Å². The second-order valence-electron chi connectivity index (χ2n) is 8.30. The van der Waals surface area contributed by atoms with Gasteiger partial charge in [0.05, 0.1) is 17.0 Å². The highest BCUT2D eigenvalue weighted by Crippen LogP contribution is 2.30. The molecule has 10 heteroatoms. The fraction of sp³-hybridized carbons (Fsp3) is 0.636. The zero-order valence-electron chi connectivity index (χ0n) is 18.6. The number of sulfonamides is 1. The van der Waals surface area contributed by atoms with E-state index in [1.54, 1.807) is 12.1 Å². The van der Waals surface area contributed by atoms with Gasteiger partial charge in [0.2, 0.25) is 10.0 Å². The Balaban J connectivity index is 1.84. The Kier molecular flexibility index (Phi) is 8.26. The number of carbonyl (C=O) groups excluding carboxylic acids is 2. The smallest absolute Gasteiger partial charge is 0.303 e. The van der Waals surface area contributed by atoms with Gasteiger partial charge in [-0.2, -0.15) is 0 Å². The molecule has 3 rings (SSSR count). The van der Waals surface area contributed by atoms with E-state index in [0.29, 0.717) is 0 Å². The molecule has 9 nitrogen and oxygen atoms in total. The number of hydrogen-bond donors (Lipinski definition) is 1. The van der Waals surface area contributed by atoms with Crippen molar-refractivity contribution in [3.8, 4) is 0 Å². The molecule has 0 amide bonds. The van der Waals surface area contributed by atoms with E-state index in [1.165, 1.54) is 26.0 Å². The average Bonchev–Trinajstić information content (AvgIpc) is 3.21. The van der Waals surface area contributed by atoms with Gasteiger partial charge in [0.25, 0.3) is 0 Å². The zero-order chi connectivity index (χ0) is 23.3. The molecule has 32 heavy (non-hydrogen) atoms. The maximum Gasteiger partial charge on any atom is 0.303 e. The summed E-state index contributed by atoms with van der Waals surface area (Å²) >= 11 is 0. The lowest BCUT2D eigenvalue weighted by Crippen LogP contribution is -2.59. The SMILES string of the molecule is CC(=O)OC[C@H]1O[C@H](OC2CCCC2)C[C@H](NS(=O)(=O)c2ccc(C)cc2)[C@H]1OC(C)=O. The molecule has 1 N–H and O–H groups in total. The molecule has 2 aliphatic rings. The van der Waals surface area contributed by atoms with Gasteiger partial charge in [-0.1, -0.05) is 30.5 Å². The number of ether oxygens (including phenoxy) is 4. The summed E-state index contributed by atoms with van der Waals surface area (Å²) in [5, 5.41) is 0. The van der Waals surface area contributed by atoms with E-state index in [-0.39, 0.29) is 24.0 Å². The summed E-state index contributed by atoms with van der Waals surface area (Å²) in [4.78, 5) is 23.2. The molecule has 0 spiro atoms. The predicted molar refractivity (Wildman–Crippen MR) is 114 cm³/mol. The fourth-order valence-corrected chi connectivity index (χ4v) is 5.30. The minimum absolute atomic E-state index is 0.0222. The van der Waals surface area contributed by atoms with E-state index in [9.17, 15) is 18.0 Å². The molecule has 1 aliphatic heterocycles. The number of nitrogens with one attached hydrogen (secondary N) is 1. The second-order valence-corrected chi connectivity index (χ2v) is 10.0. The van der Waals surface area contributed by atoms with Crippen LogP contribution in [0.4, 0.5) is 0 Å². The quantitative estimate of drug-likeness (QED) is 0.576. The molecule has 178 valence electrons. The van der Waals surface area contributed by atoms with Gasteiger partial charge in [-0.3, -0.25) is 9.59 Å². The first-order valence-corrected chi connectivity index (χ1v) is 12.3. The average molecular weight is 470 g/mol. The summed E-state index contributed by atoms with van der Waals surface area (Å²) in [7, 11) is -3.91. The highest BCUT2D eigenvalue weighted by atomic mass is 32.2. The largest absolute Gasteiger partial charge is 0.463 e. The van der Waals surface area contributed by atoms with Crippen LogP contribution in [0.25, 0.3) is 0 Å². The zero-order valence-corrected chi connectivity index (χ0v) is 19.4. The van der Waals surface area contributed by atoms with Gasteiger partial charge in [-0.25, -0.2) is 13.1 Å². The van der Waals surface area contributed by atoms with Crippen molar-refractivity contribution < 1.29 is 37.0 Å². The number of aryl methyl sites for hydroxylation is 1. The normalized spacial score (nSPS) is 26.6. The summed E-state index contributed by atoms with van der Waals surface area (Å²) in [5.74, 6) is -1.12. The van der Waals surface area contributed by atoms with Crippen LogP contribution in [-0.2, 0) is 38.6 Å². The Hall–Kier alpha value is -2.01. The van der Waals surface area contributed by atoms with E-state index >= 15 is 0 Å². The number of hydrogen-bond acceptors (Lipinski definition) is 8. The van der Waals surface area contributed by atoms with Crippen LogP contribution < -0.4 is 4.72 Å². The van der Waals surface area contributed by atoms with Gasteiger partial charge >= 0.3 is 11.9 Å². The lowest BCUT2D eigenvalue weighted by Gasteiger charge is -2.41. The third-order valence-corrected chi connectivity index (χ3v) is 7.08. The van der Waals surface area contributed by atoms with Crippen LogP contribution in [0.2, 0.25) is 0 Å². The van der Waals surface area contributed by atoms with E-state index in [0.717, 1.165) is 31.2 Å². The Morgan fingerprint density at radius 1 is 1.09 bits per heavy atom. The predicted octanol–water partition coefficient (Wildman–Crippen LogP) is 2.21. The number of carbonyl (C=O) groups is 2. The van der Waals surface area contributed by atoms with E-state index in [1.807, 2.05) is 6.92 Å². The van der Waals surface area contributed by atoms with Crippen molar-refractivity contribution in [2.24, 2.45) is 0 Å². The van der Waals surface area contributed by atoms with Crippen molar-refractivity contribution in [3.05, 3.63) is 29.8 Å². The molecule has 4 atom stereocenters. The highest BCUT2D eigenvalue weighted by Gasteiger charge is 2.44. The van der Waals surface area contributed by atoms with Gasteiger partial charge in [-0.05, 0) is 31.9 Å². The topological polar surface area (TPSA) is 117 Å². The fourth-order valence-electron chi connectivity index (χ4n) is 4.04. The molecule has 1 saturated carbocycles. The van der Waals surface area contributed by atoms with E-state index < -0.39 is 46.5 Å². The summed E-state index contributed by atoms with van der Waals surface area (Å²) in [5.41, 5.74) is 0.930. The first-order valence-electron chi connectivity index (χ1n) is 10.8. The summed E-state index contributed by atoms with van der Waals surface area (Å²) in [6, 6.07) is 5.61. The van der Waals surface area contributed by atoms with Gasteiger partial charge < -0.3 is 18.9 Å². The third kappa shape index (κ3) is 6.74. The first kappa shape index (κ1) is 24.6. The molecule has 1 saturated heterocycles. The molecule has 1 aromatic carbocycles. The minimum atomic E-state index is -3.91. The van der Waals surface area contributed by atoms with Gasteiger partial charge in [0, 0.05) is 20.3 Å².